The predicted molar refractivity (Wildman–Crippen MR) is 85.0 cm³/mol. The van der Waals surface area contributed by atoms with Crippen LogP contribution in [0.4, 0.5) is 0 Å². The highest BCUT2D eigenvalue weighted by molar-refractivity contribution is 5.85. The van der Waals surface area contributed by atoms with Crippen LogP contribution in [-0.4, -0.2) is 36.4 Å². The van der Waals surface area contributed by atoms with Crippen molar-refractivity contribution in [2.24, 2.45) is 17.3 Å². The Bertz CT molecular complexity index is 511. The summed E-state index contributed by atoms with van der Waals surface area (Å²) in [6.45, 7) is 10.3. The van der Waals surface area contributed by atoms with Gasteiger partial charge < -0.3 is 5.32 Å². The second-order valence-corrected chi connectivity index (χ2v) is 7.44. The molecule has 2 aliphatic heterocycles. The molecule has 1 N–H and O–H groups in total. The summed E-state index contributed by atoms with van der Waals surface area (Å²) in [5.41, 5.74) is 1.46. The van der Waals surface area contributed by atoms with Gasteiger partial charge in [-0.2, -0.15) is 0 Å². The van der Waals surface area contributed by atoms with Crippen LogP contribution in [0.1, 0.15) is 26.3 Å². The minimum absolute atomic E-state index is 0.132. The van der Waals surface area contributed by atoms with Gasteiger partial charge in [-0.1, -0.05) is 51.1 Å². The number of benzene rings is 1. The van der Waals surface area contributed by atoms with Crippen molar-refractivity contribution >= 4 is 5.78 Å². The first-order chi connectivity index (χ1) is 9.97. The molecule has 114 valence electrons. The third-order valence-corrected chi connectivity index (χ3v) is 5.07. The molecular weight excluding hydrogens is 260 g/mol. The number of nitrogens with zero attached hydrogens (tertiary/aromatic N) is 1. The Morgan fingerprint density at radius 3 is 2.71 bits per heavy atom. The molecule has 1 aromatic carbocycles. The highest BCUT2D eigenvalue weighted by atomic mass is 16.1. The smallest absolute Gasteiger partial charge is 0.142 e. The standard InChI is InChI=1S/C18H26N2O/c1-13-9-19-17-15(16(13)21)11-20(12-18(17,2)3)10-14-7-5-4-6-8-14/h4-8,13,15,17,19H,9-12H2,1-3H3/t13?,15-,17-/m1/s1. The Balaban J connectivity index is 1.78. The van der Waals surface area contributed by atoms with Gasteiger partial charge in [0.2, 0.25) is 0 Å². The van der Waals surface area contributed by atoms with Crippen LogP contribution in [0.2, 0.25) is 0 Å². The Hall–Kier alpha value is -1.19. The summed E-state index contributed by atoms with van der Waals surface area (Å²) in [4.78, 5) is 15.0. The van der Waals surface area contributed by atoms with Gasteiger partial charge in [0.05, 0.1) is 0 Å². The van der Waals surface area contributed by atoms with Gasteiger partial charge in [-0.25, -0.2) is 0 Å². The quantitative estimate of drug-likeness (QED) is 0.905. The molecule has 2 fully saturated rings. The molecule has 3 rings (SSSR count). The number of Topliss-reactive ketones (excluding diaryl/α,β-unsaturated/α-hetero) is 1. The van der Waals surface area contributed by atoms with E-state index in [2.05, 4.69) is 61.3 Å². The zero-order valence-corrected chi connectivity index (χ0v) is 13.3. The lowest BCUT2D eigenvalue weighted by Gasteiger charge is -2.51. The van der Waals surface area contributed by atoms with Crippen molar-refractivity contribution in [2.45, 2.75) is 33.4 Å². The molecule has 1 aromatic rings. The third kappa shape index (κ3) is 2.90. The fourth-order valence-electron chi connectivity index (χ4n) is 4.07. The first-order valence-electron chi connectivity index (χ1n) is 8.01. The van der Waals surface area contributed by atoms with E-state index < -0.39 is 0 Å². The molecule has 0 spiro atoms. The molecule has 0 radical (unpaired) electrons. The maximum Gasteiger partial charge on any atom is 0.142 e. The SMILES string of the molecule is CC1CN[C@@H]2[C@H](CN(Cc3ccccc3)CC2(C)C)C1=O. The van der Waals surface area contributed by atoms with Crippen LogP contribution in [0.5, 0.6) is 0 Å². The van der Waals surface area contributed by atoms with E-state index in [0.29, 0.717) is 11.8 Å². The molecule has 1 unspecified atom stereocenters. The lowest BCUT2D eigenvalue weighted by molar-refractivity contribution is -0.135. The summed E-state index contributed by atoms with van der Waals surface area (Å²) in [6, 6.07) is 10.9. The number of fused-ring (bicyclic) bond motifs is 1. The van der Waals surface area contributed by atoms with Crippen molar-refractivity contribution in [3.8, 4) is 0 Å². The number of hydrogen-bond donors (Lipinski definition) is 1. The van der Waals surface area contributed by atoms with E-state index in [0.717, 1.165) is 26.2 Å². The molecule has 0 aliphatic carbocycles. The van der Waals surface area contributed by atoms with Crippen molar-refractivity contribution in [3.05, 3.63) is 35.9 Å². The Morgan fingerprint density at radius 1 is 1.29 bits per heavy atom. The Kier molecular flexibility index (Phi) is 3.89. The number of carbonyl (C=O) groups is 1. The molecule has 2 heterocycles. The molecule has 0 bridgehead atoms. The van der Waals surface area contributed by atoms with Crippen LogP contribution in [-0.2, 0) is 11.3 Å². The number of rotatable bonds is 2. The topological polar surface area (TPSA) is 32.3 Å². The maximum absolute atomic E-state index is 12.6. The first-order valence-corrected chi connectivity index (χ1v) is 8.01. The first kappa shape index (κ1) is 14.7. The molecule has 21 heavy (non-hydrogen) atoms. The maximum atomic E-state index is 12.6. The molecule has 3 atom stereocenters. The number of hydrogen-bond acceptors (Lipinski definition) is 3. The van der Waals surface area contributed by atoms with Gasteiger partial charge >= 0.3 is 0 Å². The van der Waals surface area contributed by atoms with Gasteiger partial charge in [-0.15, -0.1) is 0 Å². The Morgan fingerprint density at radius 2 is 2.00 bits per heavy atom. The van der Waals surface area contributed by atoms with Crippen molar-refractivity contribution < 1.29 is 4.79 Å². The Labute approximate surface area is 127 Å². The zero-order valence-electron chi connectivity index (χ0n) is 13.3. The molecule has 0 saturated carbocycles. The number of ketones is 1. The summed E-state index contributed by atoms with van der Waals surface area (Å²) in [7, 11) is 0. The van der Waals surface area contributed by atoms with Gasteiger partial charge in [0.25, 0.3) is 0 Å². The highest BCUT2D eigenvalue weighted by Gasteiger charge is 2.48. The van der Waals surface area contributed by atoms with Gasteiger partial charge in [0, 0.05) is 44.1 Å². The van der Waals surface area contributed by atoms with Crippen LogP contribution >= 0.6 is 0 Å². The van der Waals surface area contributed by atoms with E-state index in [1.165, 1.54) is 5.56 Å². The zero-order chi connectivity index (χ0) is 15.0. The van der Waals surface area contributed by atoms with Crippen LogP contribution < -0.4 is 5.32 Å². The second-order valence-electron chi connectivity index (χ2n) is 7.44. The van der Waals surface area contributed by atoms with Crippen molar-refractivity contribution in [1.82, 2.24) is 10.2 Å². The van der Waals surface area contributed by atoms with E-state index in [1.54, 1.807) is 0 Å². The van der Waals surface area contributed by atoms with Gasteiger partial charge in [0.1, 0.15) is 5.78 Å². The van der Waals surface area contributed by atoms with Crippen LogP contribution in [0, 0.1) is 17.3 Å². The molecule has 3 nitrogen and oxygen atoms in total. The van der Waals surface area contributed by atoms with E-state index in [-0.39, 0.29) is 17.3 Å². The number of carbonyl (C=O) groups excluding carboxylic acids is 1. The van der Waals surface area contributed by atoms with Crippen molar-refractivity contribution in [1.29, 1.82) is 0 Å². The van der Waals surface area contributed by atoms with Crippen molar-refractivity contribution in [3.63, 3.8) is 0 Å². The monoisotopic (exact) mass is 286 g/mol. The largest absolute Gasteiger partial charge is 0.312 e. The summed E-state index contributed by atoms with van der Waals surface area (Å²) in [5, 5.41) is 3.63. The summed E-state index contributed by atoms with van der Waals surface area (Å²) >= 11 is 0. The highest BCUT2D eigenvalue weighted by Crippen LogP contribution is 2.37. The van der Waals surface area contributed by atoms with E-state index in [9.17, 15) is 4.79 Å². The minimum Gasteiger partial charge on any atom is -0.312 e. The molecule has 0 aromatic heterocycles. The number of piperidine rings is 2. The predicted octanol–water partition coefficient (Wildman–Crippen LogP) is 2.32. The molecule has 3 heteroatoms. The second kappa shape index (κ2) is 5.54. The van der Waals surface area contributed by atoms with Gasteiger partial charge in [-0.3, -0.25) is 9.69 Å². The number of likely N-dealkylation sites (tertiary alicyclic amines) is 1. The molecule has 2 aliphatic rings. The van der Waals surface area contributed by atoms with Crippen LogP contribution in [0.3, 0.4) is 0 Å². The van der Waals surface area contributed by atoms with Crippen LogP contribution in [0.15, 0.2) is 30.3 Å². The van der Waals surface area contributed by atoms with Gasteiger partial charge in [0.15, 0.2) is 0 Å². The summed E-state index contributed by atoms with van der Waals surface area (Å²) in [5.74, 6) is 0.740. The van der Waals surface area contributed by atoms with Gasteiger partial charge in [-0.05, 0) is 11.0 Å². The van der Waals surface area contributed by atoms with E-state index in [1.807, 2.05) is 0 Å². The molecule has 2 saturated heterocycles. The van der Waals surface area contributed by atoms with Crippen molar-refractivity contribution in [2.75, 3.05) is 19.6 Å². The summed E-state index contributed by atoms with van der Waals surface area (Å²) in [6.07, 6.45) is 0. The summed E-state index contributed by atoms with van der Waals surface area (Å²) < 4.78 is 0. The normalized spacial score (nSPS) is 32.7. The average molecular weight is 286 g/mol. The molecule has 0 amide bonds. The minimum atomic E-state index is 0.132. The van der Waals surface area contributed by atoms with Crippen LogP contribution in [0.25, 0.3) is 0 Å². The van der Waals surface area contributed by atoms with E-state index >= 15 is 0 Å². The lowest BCUT2D eigenvalue weighted by atomic mass is 9.68. The fourth-order valence-corrected chi connectivity index (χ4v) is 4.07. The average Bonchev–Trinajstić information content (AvgIpc) is 2.43. The molecular formula is C18H26N2O. The number of nitrogens with one attached hydrogen (secondary N) is 1. The third-order valence-electron chi connectivity index (χ3n) is 5.07. The van der Waals surface area contributed by atoms with E-state index in [4.69, 9.17) is 0 Å². The lowest BCUT2D eigenvalue weighted by Crippen LogP contribution is -2.65. The fraction of sp³-hybridized carbons (Fsp3) is 0.611.